The van der Waals surface area contributed by atoms with E-state index in [1.165, 1.54) is 0 Å². The van der Waals surface area contributed by atoms with Crippen molar-refractivity contribution in [1.29, 1.82) is 0 Å². The molecule has 0 fully saturated rings. The van der Waals surface area contributed by atoms with Crippen molar-refractivity contribution in [2.45, 2.75) is 13.3 Å². The lowest BCUT2D eigenvalue weighted by Crippen LogP contribution is -2.13. The molecule has 3 heteroatoms. The van der Waals surface area contributed by atoms with Crippen LogP contribution in [0.3, 0.4) is 0 Å². The average molecular weight is 115 g/mol. The second-order valence-electron chi connectivity index (χ2n) is 1.50. The van der Waals surface area contributed by atoms with Crippen molar-refractivity contribution in [2.75, 3.05) is 20.3 Å². The van der Waals surface area contributed by atoms with E-state index in [0.29, 0.717) is 6.67 Å². The van der Waals surface area contributed by atoms with Gasteiger partial charge in [-0.3, -0.25) is 5.32 Å². The van der Waals surface area contributed by atoms with Gasteiger partial charge in [-0.1, -0.05) is 6.92 Å². The Morgan fingerprint density at radius 3 is 2.75 bits per heavy atom. The average Bonchev–Trinajstić information content (AvgIpc) is 1.81. The van der Waals surface area contributed by atoms with Crippen molar-refractivity contribution in [1.82, 2.24) is 5.32 Å². The molecule has 0 aliphatic carbocycles. The molecule has 1 N–H and O–H groups in total. The van der Waals surface area contributed by atoms with Crippen LogP contribution in [0.5, 0.6) is 0 Å². The first-order valence-corrected chi connectivity index (χ1v) is 2.88. The minimum absolute atomic E-state index is 0.657. The third-order valence-corrected chi connectivity index (χ3v) is 0.751. The van der Waals surface area contributed by atoms with Gasteiger partial charge in [0.15, 0.2) is 0 Å². The van der Waals surface area contributed by atoms with E-state index in [1.807, 2.05) is 0 Å². The Morgan fingerprint density at radius 1 is 1.50 bits per heavy atom. The maximum atomic E-state index is 3.72. The molecule has 0 aromatic heterocycles. The van der Waals surface area contributed by atoms with Crippen LogP contribution in [0, 0.1) is 0 Å². The quantitative estimate of drug-likeness (QED) is 0.431. The predicted octanol–water partition coefficient (Wildman–Crippen LogP) is 1.03. The summed E-state index contributed by atoms with van der Waals surface area (Å²) in [5, 5.41) is 10.4. The highest BCUT2D eigenvalue weighted by Gasteiger charge is 1.76. The van der Waals surface area contributed by atoms with Crippen LogP contribution in [0.2, 0.25) is 0 Å². The third-order valence-electron chi connectivity index (χ3n) is 0.751. The molecule has 0 aliphatic heterocycles. The minimum atomic E-state index is 0.657. The van der Waals surface area contributed by atoms with Crippen LogP contribution >= 0.6 is 0 Å². The Hall–Kier alpha value is -0.440. The molecule has 8 heavy (non-hydrogen) atoms. The van der Waals surface area contributed by atoms with Gasteiger partial charge in [-0.2, -0.15) is 10.2 Å². The number of hydrogen-bond donors (Lipinski definition) is 1. The molecular weight excluding hydrogens is 102 g/mol. The molecule has 0 bridgehead atoms. The summed E-state index contributed by atoms with van der Waals surface area (Å²) in [4.78, 5) is 0. The van der Waals surface area contributed by atoms with Gasteiger partial charge in [0.05, 0.1) is 0 Å². The van der Waals surface area contributed by atoms with E-state index in [0.717, 1.165) is 13.0 Å². The molecule has 0 atom stereocenters. The molecule has 0 aromatic rings. The highest BCUT2D eigenvalue weighted by Crippen LogP contribution is 1.70. The molecule has 0 saturated carbocycles. The Bertz CT molecular complexity index is 60.7. The van der Waals surface area contributed by atoms with Gasteiger partial charge in [-0.25, -0.2) is 0 Å². The fraction of sp³-hybridized carbons (Fsp3) is 1.00. The van der Waals surface area contributed by atoms with Crippen molar-refractivity contribution in [3.05, 3.63) is 0 Å². The largest absolute Gasteiger partial charge is 0.297 e. The Kier molecular flexibility index (Phi) is 6.20. The highest BCUT2D eigenvalue weighted by molar-refractivity contribution is 4.37. The van der Waals surface area contributed by atoms with Crippen LogP contribution < -0.4 is 5.32 Å². The molecule has 0 radical (unpaired) electrons. The summed E-state index contributed by atoms with van der Waals surface area (Å²) in [6.45, 7) is 3.81. The lowest BCUT2D eigenvalue weighted by atomic mass is 10.5. The van der Waals surface area contributed by atoms with Gasteiger partial charge >= 0.3 is 0 Å². The van der Waals surface area contributed by atoms with Crippen LogP contribution in [0.25, 0.3) is 0 Å². The first kappa shape index (κ1) is 7.56. The summed E-state index contributed by atoms with van der Waals surface area (Å²) in [6, 6.07) is 0. The normalized spacial score (nSPS) is 10.8. The van der Waals surface area contributed by atoms with E-state index in [1.54, 1.807) is 7.05 Å². The van der Waals surface area contributed by atoms with E-state index in [4.69, 9.17) is 0 Å². The topological polar surface area (TPSA) is 36.8 Å². The maximum Gasteiger partial charge on any atom is 0.110 e. The number of rotatable bonds is 4. The summed E-state index contributed by atoms with van der Waals surface area (Å²) in [5.41, 5.74) is 0. The zero-order chi connectivity index (χ0) is 6.24. The van der Waals surface area contributed by atoms with Crippen LogP contribution in [-0.2, 0) is 0 Å². The molecular formula is C5H13N3. The number of nitrogens with one attached hydrogen (secondary N) is 1. The summed E-state index contributed by atoms with van der Waals surface area (Å²) in [5.74, 6) is 0. The lowest BCUT2D eigenvalue weighted by molar-refractivity contribution is 0.670. The van der Waals surface area contributed by atoms with Crippen LogP contribution in [0.4, 0.5) is 0 Å². The zero-order valence-electron chi connectivity index (χ0n) is 5.52. The van der Waals surface area contributed by atoms with Crippen molar-refractivity contribution in [3.63, 3.8) is 0 Å². The molecule has 0 spiro atoms. The van der Waals surface area contributed by atoms with Crippen LogP contribution in [-0.4, -0.2) is 20.3 Å². The highest BCUT2D eigenvalue weighted by atomic mass is 15.2. The first-order valence-electron chi connectivity index (χ1n) is 2.88. The Morgan fingerprint density at radius 2 is 2.25 bits per heavy atom. The number of nitrogens with zero attached hydrogens (tertiary/aromatic N) is 2. The van der Waals surface area contributed by atoms with Gasteiger partial charge in [-0.05, 0) is 13.0 Å². The molecule has 0 heterocycles. The lowest BCUT2D eigenvalue weighted by Gasteiger charge is -1.92. The smallest absolute Gasteiger partial charge is 0.110 e. The Balaban J connectivity index is 2.72. The van der Waals surface area contributed by atoms with Crippen molar-refractivity contribution >= 4 is 0 Å². The van der Waals surface area contributed by atoms with Crippen LogP contribution in [0.1, 0.15) is 13.3 Å². The van der Waals surface area contributed by atoms with Crippen molar-refractivity contribution in [3.8, 4) is 0 Å². The van der Waals surface area contributed by atoms with E-state index in [2.05, 4.69) is 22.5 Å². The summed E-state index contributed by atoms with van der Waals surface area (Å²) < 4.78 is 0. The second-order valence-corrected chi connectivity index (χ2v) is 1.50. The predicted molar refractivity (Wildman–Crippen MR) is 33.9 cm³/mol. The molecule has 0 amide bonds. The van der Waals surface area contributed by atoms with Gasteiger partial charge in [-0.15, -0.1) is 0 Å². The maximum absolute atomic E-state index is 3.72. The standard InChI is InChI=1S/C5H13N3/c1-3-4-7-5-8-6-2/h7H,3-5H2,1-2H3. The third kappa shape index (κ3) is 5.56. The fourth-order valence-corrected chi connectivity index (χ4v) is 0.377. The molecule has 0 aromatic carbocycles. The van der Waals surface area contributed by atoms with E-state index in [9.17, 15) is 0 Å². The molecule has 0 rings (SSSR count). The Labute approximate surface area is 50.2 Å². The molecule has 3 nitrogen and oxygen atoms in total. The summed E-state index contributed by atoms with van der Waals surface area (Å²) >= 11 is 0. The molecule has 48 valence electrons. The van der Waals surface area contributed by atoms with Gasteiger partial charge < -0.3 is 0 Å². The summed E-state index contributed by atoms with van der Waals surface area (Å²) in [7, 11) is 1.67. The number of azo groups is 1. The SMILES string of the molecule is CCCNCN=NC. The van der Waals surface area contributed by atoms with Crippen LogP contribution in [0.15, 0.2) is 10.2 Å². The van der Waals surface area contributed by atoms with Gasteiger partial charge in [0.25, 0.3) is 0 Å². The van der Waals surface area contributed by atoms with E-state index >= 15 is 0 Å². The van der Waals surface area contributed by atoms with Gasteiger partial charge in [0.1, 0.15) is 6.67 Å². The number of hydrogen-bond acceptors (Lipinski definition) is 3. The van der Waals surface area contributed by atoms with Gasteiger partial charge in [0, 0.05) is 7.05 Å². The zero-order valence-corrected chi connectivity index (χ0v) is 5.52. The minimum Gasteiger partial charge on any atom is -0.297 e. The molecule has 0 aliphatic rings. The van der Waals surface area contributed by atoms with Crippen molar-refractivity contribution in [2.24, 2.45) is 10.2 Å². The summed E-state index contributed by atoms with van der Waals surface area (Å²) in [6.07, 6.45) is 1.15. The second kappa shape index (κ2) is 6.56. The molecule has 0 saturated heterocycles. The first-order chi connectivity index (χ1) is 3.91. The monoisotopic (exact) mass is 115 g/mol. The fourth-order valence-electron chi connectivity index (χ4n) is 0.377. The van der Waals surface area contributed by atoms with E-state index < -0.39 is 0 Å². The van der Waals surface area contributed by atoms with Gasteiger partial charge in [0.2, 0.25) is 0 Å². The van der Waals surface area contributed by atoms with Crippen molar-refractivity contribution < 1.29 is 0 Å². The molecule has 0 unspecified atom stereocenters. The van der Waals surface area contributed by atoms with E-state index in [-0.39, 0.29) is 0 Å².